The molecule has 2 aromatic rings. The molecule has 0 fully saturated rings. The first-order chi connectivity index (χ1) is 9.10. The van der Waals surface area contributed by atoms with Gasteiger partial charge in [-0.15, -0.1) is 0 Å². The first kappa shape index (κ1) is 14.6. The summed E-state index contributed by atoms with van der Waals surface area (Å²) in [6.45, 7) is 2.07. The maximum atomic E-state index is 5.29. The van der Waals surface area contributed by atoms with Crippen LogP contribution in [0.15, 0.2) is 46.9 Å². The summed E-state index contributed by atoms with van der Waals surface area (Å²) >= 11 is 7.28. The first-order valence-corrected chi connectivity index (χ1v) is 7.84. The third-order valence-corrected chi connectivity index (χ3v) is 4.43. The molecule has 0 amide bonds. The van der Waals surface area contributed by atoms with Gasteiger partial charge in [0.05, 0.1) is 7.11 Å². The van der Waals surface area contributed by atoms with Gasteiger partial charge >= 0.3 is 0 Å². The Morgan fingerprint density at radius 1 is 1.16 bits per heavy atom. The van der Waals surface area contributed by atoms with E-state index in [1.807, 2.05) is 12.1 Å². The predicted molar refractivity (Wildman–Crippen MR) is 87.2 cm³/mol. The van der Waals surface area contributed by atoms with E-state index in [4.69, 9.17) is 4.74 Å². The molecule has 0 aliphatic rings. The number of rotatable bonds is 4. The molecular weight excluding hydrogens is 368 g/mol. The summed E-state index contributed by atoms with van der Waals surface area (Å²) in [5.74, 6) is 0.936. The van der Waals surface area contributed by atoms with Gasteiger partial charge in [-0.05, 0) is 48.2 Å². The number of benzene rings is 2. The zero-order valence-corrected chi connectivity index (χ0v) is 14.2. The molecule has 1 unspecified atom stereocenters. The molecule has 0 saturated carbocycles. The standard InChI is InChI=1S/C16H16Br2O/c1-11-8-13(6-7-16(11)19-2)15(18)10-12-4-3-5-14(17)9-12/h3-9,15H,10H2,1-2H3. The lowest BCUT2D eigenvalue weighted by molar-refractivity contribution is 0.411. The fourth-order valence-electron chi connectivity index (χ4n) is 2.09. The van der Waals surface area contributed by atoms with Crippen LogP contribution in [0.5, 0.6) is 5.75 Å². The third kappa shape index (κ3) is 3.83. The number of hydrogen-bond acceptors (Lipinski definition) is 1. The molecule has 2 aromatic carbocycles. The quantitative estimate of drug-likeness (QED) is 0.638. The molecule has 0 bridgehead atoms. The number of halogens is 2. The molecule has 1 nitrogen and oxygen atoms in total. The average Bonchev–Trinajstić information content (AvgIpc) is 2.38. The molecule has 100 valence electrons. The van der Waals surface area contributed by atoms with E-state index >= 15 is 0 Å². The second-order valence-electron chi connectivity index (χ2n) is 4.53. The van der Waals surface area contributed by atoms with E-state index in [1.54, 1.807) is 7.11 Å². The number of alkyl halides is 1. The summed E-state index contributed by atoms with van der Waals surface area (Å²) in [5.41, 5.74) is 3.75. The largest absolute Gasteiger partial charge is 0.496 e. The molecule has 0 aliphatic heterocycles. The van der Waals surface area contributed by atoms with Crippen molar-refractivity contribution in [2.24, 2.45) is 0 Å². The minimum Gasteiger partial charge on any atom is -0.496 e. The molecular formula is C16H16Br2O. The molecule has 1 atom stereocenters. The zero-order valence-electron chi connectivity index (χ0n) is 11.0. The normalized spacial score (nSPS) is 12.2. The van der Waals surface area contributed by atoms with Crippen molar-refractivity contribution in [2.75, 3.05) is 7.11 Å². The van der Waals surface area contributed by atoms with Gasteiger partial charge in [0, 0.05) is 9.30 Å². The highest BCUT2D eigenvalue weighted by molar-refractivity contribution is 9.10. The SMILES string of the molecule is COc1ccc(C(Br)Cc2cccc(Br)c2)cc1C. The molecule has 2 rings (SSSR count). The smallest absolute Gasteiger partial charge is 0.121 e. The molecule has 0 saturated heterocycles. The van der Waals surface area contributed by atoms with Crippen LogP contribution in [0.2, 0.25) is 0 Å². The van der Waals surface area contributed by atoms with Crippen molar-refractivity contribution in [3.63, 3.8) is 0 Å². The van der Waals surface area contributed by atoms with Gasteiger partial charge in [-0.2, -0.15) is 0 Å². The first-order valence-electron chi connectivity index (χ1n) is 6.13. The summed E-state index contributed by atoms with van der Waals surface area (Å²) in [5, 5.41) is 0. The van der Waals surface area contributed by atoms with Crippen molar-refractivity contribution in [1.82, 2.24) is 0 Å². The van der Waals surface area contributed by atoms with E-state index in [0.29, 0.717) is 4.83 Å². The highest BCUT2D eigenvalue weighted by Crippen LogP contribution is 2.30. The van der Waals surface area contributed by atoms with Gasteiger partial charge in [0.25, 0.3) is 0 Å². The number of hydrogen-bond donors (Lipinski definition) is 0. The summed E-state index contributed by atoms with van der Waals surface area (Å²) in [6.07, 6.45) is 0.964. The summed E-state index contributed by atoms with van der Waals surface area (Å²) in [4.78, 5) is 0.311. The van der Waals surface area contributed by atoms with Crippen LogP contribution in [-0.4, -0.2) is 7.11 Å². The zero-order chi connectivity index (χ0) is 13.8. The minimum absolute atomic E-state index is 0.311. The third-order valence-electron chi connectivity index (χ3n) is 3.08. The van der Waals surface area contributed by atoms with E-state index in [9.17, 15) is 0 Å². The maximum absolute atomic E-state index is 5.29. The van der Waals surface area contributed by atoms with Crippen LogP contribution in [0.25, 0.3) is 0 Å². The minimum atomic E-state index is 0.311. The van der Waals surface area contributed by atoms with Crippen LogP contribution in [-0.2, 0) is 6.42 Å². The van der Waals surface area contributed by atoms with Crippen molar-refractivity contribution in [3.8, 4) is 5.75 Å². The number of ether oxygens (including phenoxy) is 1. The summed E-state index contributed by atoms with van der Waals surface area (Å²) in [7, 11) is 1.70. The number of aryl methyl sites for hydroxylation is 1. The number of methoxy groups -OCH3 is 1. The molecule has 0 aliphatic carbocycles. The van der Waals surface area contributed by atoms with Crippen molar-refractivity contribution >= 4 is 31.9 Å². The maximum Gasteiger partial charge on any atom is 0.121 e. The lowest BCUT2D eigenvalue weighted by atomic mass is 10.0. The van der Waals surface area contributed by atoms with Gasteiger partial charge in [-0.1, -0.05) is 56.1 Å². The van der Waals surface area contributed by atoms with Crippen LogP contribution >= 0.6 is 31.9 Å². The van der Waals surface area contributed by atoms with Crippen molar-refractivity contribution < 1.29 is 4.74 Å². The molecule has 0 heterocycles. The fraction of sp³-hybridized carbons (Fsp3) is 0.250. The van der Waals surface area contributed by atoms with Crippen molar-refractivity contribution in [3.05, 3.63) is 63.6 Å². The van der Waals surface area contributed by atoms with Gasteiger partial charge in [0.2, 0.25) is 0 Å². The van der Waals surface area contributed by atoms with Gasteiger partial charge < -0.3 is 4.74 Å². The van der Waals surface area contributed by atoms with E-state index < -0.39 is 0 Å². The second kappa shape index (κ2) is 6.58. The van der Waals surface area contributed by atoms with E-state index in [-0.39, 0.29) is 0 Å². The van der Waals surface area contributed by atoms with Crippen LogP contribution in [0, 0.1) is 6.92 Å². The molecule has 19 heavy (non-hydrogen) atoms. The van der Waals surface area contributed by atoms with Crippen LogP contribution < -0.4 is 4.74 Å². The Balaban J connectivity index is 2.15. The second-order valence-corrected chi connectivity index (χ2v) is 6.55. The molecule has 0 N–H and O–H groups in total. The molecule has 0 aromatic heterocycles. The van der Waals surface area contributed by atoms with Gasteiger partial charge in [-0.25, -0.2) is 0 Å². The monoisotopic (exact) mass is 382 g/mol. The molecule has 0 spiro atoms. The Bertz CT molecular complexity index is 566. The van der Waals surface area contributed by atoms with E-state index in [2.05, 4.69) is 69.1 Å². The lowest BCUT2D eigenvalue weighted by Gasteiger charge is -2.13. The Labute approximate surface area is 131 Å². The highest BCUT2D eigenvalue weighted by atomic mass is 79.9. The Hall–Kier alpha value is -0.800. The summed E-state index contributed by atoms with van der Waals surface area (Å²) < 4.78 is 6.41. The Kier molecular flexibility index (Phi) is 5.06. The van der Waals surface area contributed by atoms with Crippen LogP contribution in [0.3, 0.4) is 0 Å². The Morgan fingerprint density at radius 3 is 2.58 bits per heavy atom. The van der Waals surface area contributed by atoms with Gasteiger partial charge in [0.15, 0.2) is 0 Å². The van der Waals surface area contributed by atoms with Gasteiger partial charge in [0.1, 0.15) is 5.75 Å². The Morgan fingerprint density at radius 2 is 1.95 bits per heavy atom. The lowest BCUT2D eigenvalue weighted by Crippen LogP contribution is -1.97. The van der Waals surface area contributed by atoms with Crippen LogP contribution in [0.4, 0.5) is 0 Å². The van der Waals surface area contributed by atoms with Gasteiger partial charge in [-0.3, -0.25) is 0 Å². The van der Waals surface area contributed by atoms with E-state index in [0.717, 1.165) is 16.6 Å². The fourth-order valence-corrected chi connectivity index (χ4v) is 3.19. The topological polar surface area (TPSA) is 9.23 Å². The molecule has 0 radical (unpaired) electrons. The van der Waals surface area contributed by atoms with E-state index in [1.165, 1.54) is 16.7 Å². The van der Waals surface area contributed by atoms with Crippen molar-refractivity contribution in [2.45, 2.75) is 18.2 Å². The highest BCUT2D eigenvalue weighted by Gasteiger charge is 2.10. The average molecular weight is 384 g/mol. The summed E-state index contributed by atoms with van der Waals surface area (Å²) in [6, 6.07) is 14.7. The molecule has 3 heteroatoms. The predicted octanol–water partition coefficient (Wildman–Crippen LogP) is 5.44. The van der Waals surface area contributed by atoms with Crippen molar-refractivity contribution in [1.29, 1.82) is 0 Å². The van der Waals surface area contributed by atoms with Crippen LogP contribution in [0.1, 0.15) is 21.5 Å².